The van der Waals surface area contributed by atoms with E-state index in [2.05, 4.69) is 6.92 Å². The maximum Gasteiger partial charge on any atom is 0.341 e. The summed E-state index contributed by atoms with van der Waals surface area (Å²) in [6, 6.07) is 9.73. The van der Waals surface area contributed by atoms with Crippen molar-refractivity contribution in [1.82, 2.24) is 4.57 Å². The minimum Gasteiger partial charge on any atom is -0.462 e. The number of amides is 1. The Morgan fingerprint density at radius 3 is 2.26 bits per heavy atom. The molecule has 1 aromatic heterocycles. The van der Waals surface area contributed by atoms with E-state index in [4.69, 9.17) is 9.47 Å². The molecule has 0 bridgehead atoms. The number of carbonyl (C=O) groups excluding carboxylic acids is 2. The Bertz CT molecular complexity index is 956. The molecule has 1 saturated carbocycles. The number of anilines is 1. The molecule has 2 aromatic rings. The van der Waals surface area contributed by atoms with Crippen LogP contribution in [0.15, 0.2) is 36.5 Å². The molecular formula is C28H40N2O4. The van der Waals surface area contributed by atoms with Gasteiger partial charge < -0.3 is 18.9 Å². The summed E-state index contributed by atoms with van der Waals surface area (Å²) >= 11 is 0. The fourth-order valence-electron chi connectivity index (χ4n) is 4.69. The van der Waals surface area contributed by atoms with Crippen LogP contribution in [-0.4, -0.2) is 35.2 Å². The van der Waals surface area contributed by atoms with Gasteiger partial charge in [-0.25, -0.2) is 4.79 Å². The van der Waals surface area contributed by atoms with Crippen LogP contribution in [0.5, 0.6) is 0 Å². The average Bonchev–Trinajstić information content (AvgIpc) is 3.18. The molecule has 34 heavy (non-hydrogen) atoms. The van der Waals surface area contributed by atoms with E-state index in [0.717, 1.165) is 37.1 Å². The lowest BCUT2D eigenvalue weighted by molar-refractivity contribution is -0.123. The number of hydrogen-bond acceptors (Lipinski definition) is 4. The van der Waals surface area contributed by atoms with Gasteiger partial charge in [-0.2, -0.15) is 0 Å². The average molecular weight is 469 g/mol. The van der Waals surface area contributed by atoms with Crippen LogP contribution < -0.4 is 4.90 Å². The molecular weight excluding hydrogens is 428 g/mol. The standard InChI is InChI=1S/C28H40N2O4/c1-7-33-28(32)24-17-29(23-11-9-8-10-12-23)25(18-34-20(4)5)26(24)30(19(2)3)27(31)22-15-13-21(6)14-16-22/h8-12,17,19-22H,7,13-16,18H2,1-6H3. The van der Waals surface area contributed by atoms with Gasteiger partial charge >= 0.3 is 5.97 Å². The molecule has 1 aliphatic rings. The highest BCUT2D eigenvalue weighted by Crippen LogP contribution is 2.37. The fourth-order valence-corrected chi connectivity index (χ4v) is 4.69. The highest BCUT2D eigenvalue weighted by atomic mass is 16.5. The minimum absolute atomic E-state index is 0.000973. The first-order valence-corrected chi connectivity index (χ1v) is 12.7. The molecule has 1 heterocycles. The van der Waals surface area contributed by atoms with Crippen molar-refractivity contribution >= 4 is 17.6 Å². The number of esters is 1. The maximum absolute atomic E-state index is 13.9. The maximum atomic E-state index is 13.9. The van der Waals surface area contributed by atoms with Gasteiger partial charge in [-0.1, -0.05) is 25.1 Å². The molecule has 6 heteroatoms. The lowest BCUT2D eigenvalue weighted by Crippen LogP contribution is -2.43. The summed E-state index contributed by atoms with van der Waals surface area (Å²) in [5.74, 6) is 0.283. The normalized spacial score (nSPS) is 18.4. The third-order valence-electron chi connectivity index (χ3n) is 6.52. The second kappa shape index (κ2) is 11.7. The summed E-state index contributed by atoms with van der Waals surface area (Å²) < 4.78 is 13.4. The van der Waals surface area contributed by atoms with Gasteiger partial charge in [0, 0.05) is 23.8 Å². The van der Waals surface area contributed by atoms with Crippen LogP contribution in [0, 0.1) is 11.8 Å². The number of carbonyl (C=O) groups is 2. The Hall–Kier alpha value is -2.60. The molecule has 186 valence electrons. The Morgan fingerprint density at radius 2 is 1.71 bits per heavy atom. The van der Waals surface area contributed by atoms with Crippen LogP contribution in [-0.2, 0) is 20.9 Å². The van der Waals surface area contributed by atoms with E-state index in [1.807, 2.05) is 67.5 Å². The Balaban J connectivity index is 2.18. The van der Waals surface area contributed by atoms with Gasteiger partial charge in [0.25, 0.3) is 0 Å². The number of aromatic nitrogens is 1. The van der Waals surface area contributed by atoms with Crippen molar-refractivity contribution in [1.29, 1.82) is 0 Å². The summed E-state index contributed by atoms with van der Waals surface area (Å²) in [6.07, 6.45) is 5.68. The summed E-state index contributed by atoms with van der Waals surface area (Å²) in [7, 11) is 0. The zero-order valence-corrected chi connectivity index (χ0v) is 21.5. The summed E-state index contributed by atoms with van der Waals surface area (Å²) in [4.78, 5) is 28.9. The summed E-state index contributed by atoms with van der Waals surface area (Å²) in [5, 5.41) is 0. The SMILES string of the molecule is CCOC(=O)c1cn(-c2ccccc2)c(COC(C)C)c1N(C(=O)C1CCC(C)CC1)C(C)C. The van der Waals surface area contributed by atoms with Crippen molar-refractivity contribution in [2.45, 2.75) is 86.0 Å². The number of hydrogen-bond donors (Lipinski definition) is 0. The van der Waals surface area contributed by atoms with Gasteiger partial charge in [0.2, 0.25) is 5.91 Å². The topological polar surface area (TPSA) is 60.8 Å². The van der Waals surface area contributed by atoms with Crippen LogP contribution >= 0.6 is 0 Å². The molecule has 0 N–H and O–H groups in total. The molecule has 0 radical (unpaired) electrons. The van der Waals surface area contributed by atoms with Gasteiger partial charge in [0.05, 0.1) is 30.7 Å². The third-order valence-corrected chi connectivity index (χ3v) is 6.52. The first kappa shape index (κ1) is 26.0. The molecule has 1 aliphatic carbocycles. The van der Waals surface area contributed by atoms with Crippen molar-refractivity contribution in [3.8, 4) is 5.69 Å². The highest BCUT2D eigenvalue weighted by Gasteiger charge is 2.36. The van der Waals surface area contributed by atoms with Crippen molar-refractivity contribution in [2.24, 2.45) is 11.8 Å². The van der Waals surface area contributed by atoms with E-state index in [9.17, 15) is 9.59 Å². The van der Waals surface area contributed by atoms with E-state index in [1.54, 1.807) is 13.1 Å². The van der Waals surface area contributed by atoms with Gasteiger partial charge in [-0.05, 0) is 78.4 Å². The number of ether oxygens (including phenoxy) is 2. The fraction of sp³-hybridized carbons (Fsp3) is 0.571. The van der Waals surface area contributed by atoms with Crippen LogP contribution in [0.25, 0.3) is 5.69 Å². The van der Waals surface area contributed by atoms with Gasteiger partial charge in [-0.15, -0.1) is 0 Å². The number of para-hydroxylation sites is 1. The highest BCUT2D eigenvalue weighted by molar-refractivity contribution is 6.04. The predicted molar refractivity (Wildman–Crippen MR) is 135 cm³/mol. The van der Waals surface area contributed by atoms with E-state index in [1.165, 1.54) is 0 Å². The predicted octanol–water partition coefficient (Wildman–Crippen LogP) is 6.15. The van der Waals surface area contributed by atoms with E-state index in [-0.39, 0.29) is 37.2 Å². The van der Waals surface area contributed by atoms with Crippen molar-refractivity contribution in [2.75, 3.05) is 11.5 Å². The second-order valence-corrected chi connectivity index (χ2v) is 9.88. The monoisotopic (exact) mass is 468 g/mol. The molecule has 1 fully saturated rings. The Kier molecular flexibility index (Phi) is 8.95. The van der Waals surface area contributed by atoms with Crippen LogP contribution in [0.2, 0.25) is 0 Å². The lowest BCUT2D eigenvalue weighted by atomic mass is 9.82. The molecule has 0 unspecified atom stereocenters. The molecule has 0 atom stereocenters. The van der Waals surface area contributed by atoms with Crippen molar-refractivity contribution in [3.63, 3.8) is 0 Å². The van der Waals surface area contributed by atoms with E-state index < -0.39 is 5.97 Å². The largest absolute Gasteiger partial charge is 0.462 e. The molecule has 0 saturated heterocycles. The van der Waals surface area contributed by atoms with Crippen molar-refractivity contribution in [3.05, 3.63) is 47.8 Å². The van der Waals surface area contributed by atoms with E-state index >= 15 is 0 Å². The first-order chi connectivity index (χ1) is 16.2. The molecule has 0 aliphatic heterocycles. The van der Waals surface area contributed by atoms with Crippen LogP contribution in [0.4, 0.5) is 5.69 Å². The number of rotatable bonds is 9. The molecule has 6 nitrogen and oxygen atoms in total. The minimum atomic E-state index is -0.423. The summed E-state index contributed by atoms with van der Waals surface area (Å²) in [5.41, 5.74) is 2.71. The molecule has 1 amide bonds. The Morgan fingerprint density at radius 1 is 1.06 bits per heavy atom. The van der Waals surface area contributed by atoms with E-state index in [0.29, 0.717) is 17.2 Å². The van der Waals surface area contributed by atoms with Crippen LogP contribution in [0.3, 0.4) is 0 Å². The van der Waals surface area contributed by atoms with Crippen LogP contribution in [0.1, 0.15) is 83.3 Å². The first-order valence-electron chi connectivity index (χ1n) is 12.7. The molecule has 0 spiro atoms. The van der Waals surface area contributed by atoms with Crippen molar-refractivity contribution < 1.29 is 19.1 Å². The zero-order valence-electron chi connectivity index (χ0n) is 21.5. The number of benzene rings is 1. The quantitative estimate of drug-likeness (QED) is 0.414. The Labute approximate surface area is 204 Å². The molecule has 3 rings (SSSR count). The summed E-state index contributed by atoms with van der Waals surface area (Å²) in [6.45, 7) is 12.6. The van der Waals surface area contributed by atoms with Gasteiger partial charge in [0.15, 0.2) is 0 Å². The van der Waals surface area contributed by atoms with Gasteiger partial charge in [0.1, 0.15) is 5.56 Å². The zero-order chi connectivity index (χ0) is 24.8. The lowest BCUT2D eigenvalue weighted by Gasteiger charge is -2.34. The smallest absolute Gasteiger partial charge is 0.341 e. The third kappa shape index (κ3) is 5.90. The second-order valence-electron chi connectivity index (χ2n) is 9.88. The molecule has 1 aromatic carbocycles. The van der Waals surface area contributed by atoms with Gasteiger partial charge in [-0.3, -0.25) is 4.79 Å². The number of nitrogens with zero attached hydrogens (tertiary/aromatic N) is 2.